The van der Waals surface area contributed by atoms with E-state index in [2.05, 4.69) is 4.57 Å². The minimum Gasteiger partial charge on any atom is -0.478 e. The molecule has 1 atom stereocenters. The molecule has 2 aromatic rings. The van der Waals surface area contributed by atoms with Crippen LogP contribution in [0.25, 0.3) is 10.9 Å². The van der Waals surface area contributed by atoms with E-state index in [1.165, 1.54) is 0 Å². The first-order valence-electron chi connectivity index (χ1n) is 7.04. The molecule has 0 saturated carbocycles. The monoisotopic (exact) mass is 291 g/mol. The van der Waals surface area contributed by atoms with Crippen LogP contribution in [0.4, 0.5) is 0 Å². The molecule has 0 bridgehead atoms. The predicted octanol–water partition coefficient (Wildman–Crippen LogP) is 2.39. The molecule has 3 N–H and O–H groups in total. The third-order valence-corrected chi connectivity index (χ3v) is 3.86. The Morgan fingerprint density at radius 2 is 2.00 bits per heavy atom. The number of aliphatic hydroxyl groups is 2. The number of hydrogen-bond donors (Lipinski definition) is 3. The fourth-order valence-electron chi connectivity index (χ4n) is 3.01. The fraction of sp³-hybridized carbons (Fsp3) is 0.438. The Hall–Kier alpha value is -1.85. The van der Waals surface area contributed by atoms with Crippen LogP contribution in [-0.2, 0) is 6.54 Å². The smallest absolute Gasteiger partial charge is 0.335 e. The Morgan fingerprint density at radius 1 is 1.33 bits per heavy atom. The van der Waals surface area contributed by atoms with E-state index in [0.29, 0.717) is 13.0 Å². The molecule has 0 aliphatic rings. The van der Waals surface area contributed by atoms with Crippen molar-refractivity contribution in [1.82, 2.24) is 4.57 Å². The molecule has 21 heavy (non-hydrogen) atoms. The van der Waals surface area contributed by atoms with Crippen molar-refractivity contribution in [3.8, 4) is 0 Å². The Labute approximate surface area is 123 Å². The van der Waals surface area contributed by atoms with Gasteiger partial charge in [0.15, 0.2) is 0 Å². The topological polar surface area (TPSA) is 82.7 Å². The zero-order valence-electron chi connectivity index (χ0n) is 12.6. The number of aryl methyl sites for hydroxylation is 2. The van der Waals surface area contributed by atoms with Crippen LogP contribution in [0.3, 0.4) is 0 Å². The summed E-state index contributed by atoms with van der Waals surface area (Å²) < 4.78 is 2.05. The zero-order valence-corrected chi connectivity index (χ0v) is 12.6. The van der Waals surface area contributed by atoms with E-state index >= 15 is 0 Å². The van der Waals surface area contributed by atoms with Crippen LogP contribution >= 0.6 is 0 Å². The second-order valence-corrected chi connectivity index (χ2v) is 5.40. The first-order chi connectivity index (χ1) is 9.88. The van der Waals surface area contributed by atoms with Crippen molar-refractivity contribution in [3.05, 3.63) is 34.5 Å². The van der Waals surface area contributed by atoms with Crippen LogP contribution in [0.1, 0.15) is 46.6 Å². The summed E-state index contributed by atoms with van der Waals surface area (Å²) in [5, 5.41) is 29.1. The van der Waals surface area contributed by atoms with Crippen molar-refractivity contribution in [3.63, 3.8) is 0 Å². The van der Waals surface area contributed by atoms with E-state index in [4.69, 9.17) is 5.11 Å². The highest BCUT2D eigenvalue weighted by atomic mass is 16.4. The molecule has 1 aromatic carbocycles. The molecule has 1 heterocycles. The van der Waals surface area contributed by atoms with Crippen LogP contribution in [0, 0.1) is 13.8 Å². The van der Waals surface area contributed by atoms with Gasteiger partial charge in [-0.05, 0) is 44.9 Å². The highest BCUT2D eigenvalue weighted by Crippen LogP contribution is 2.33. The van der Waals surface area contributed by atoms with Gasteiger partial charge in [0.05, 0.1) is 17.2 Å². The number of carboxylic acids is 1. The molecule has 2 rings (SSSR count). The van der Waals surface area contributed by atoms with E-state index in [1.807, 2.05) is 13.8 Å². The molecule has 0 radical (unpaired) electrons. The quantitative estimate of drug-likeness (QED) is 0.790. The van der Waals surface area contributed by atoms with Gasteiger partial charge in [-0.25, -0.2) is 4.79 Å². The van der Waals surface area contributed by atoms with Crippen LogP contribution in [0.5, 0.6) is 0 Å². The SMILES string of the molecule is Cc1cc(C(=O)O)cc2c(C(C)O)c(C)n(CCCO)c12. The van der Waals surface area contributed by atoms with Crippen molar-refractivity contribution < 1.29 is 20.1 Å². The van der Waals surface area contributed by atoms with E-state index in [-0.39, 0.29) is 12.2 Å². The zero-order chi connectivity index (χ0) is 15.7. The van der Waals surface area contributed by atoms with Gasteiger partial charge in [0, 0.05) is 29.8 Å². The van der Waals surface area contributed by atoms with Crippen molar-refractivity contribution in [2.75, 3.05) is 6.61 Å². The van der Waals surface area contributed by atoms with Crippen molar-refractivity contribution >= 4 is 16.9 Å². The standard InChI is InChI=1S/C16H21NO4/c1-9-7-12(16(20)21)8-13-14(11(3)19)10(2)17(15(9)13)5-4-6-18/h7-8,11,18-19H,4-6H2,1-3H3,(H,20,21). The van der Waals surface area contributed by atoms with Crippen molar-refractivity contribution in [2.24, 2.45) is 0 Å². The Bertz CT molecular complexity index is 685. The van der Waals surface area contributed by atoms with Gasteiger partial charge in [-0.2, -0.15) is 0 Å². The third kappa shape index (κ3) is 2.66. The molecule has 114 valence electrons. The number of aromatic nitrogens is 1. The number of carboxylic acid groups (broad SMARTS) is 1. The summed E-state index contributed by atoms with van der Waals surface area (Å²) in [4.78, 5) is 11.2. The van der Waals surface area contributed by atoms with Gasteiger partial charge in [-0.3, -0.25) is 0 Å². The lowest BCUT2D eigenvalue weighted by molar-refractivity contribution is 0.0697. The summed E-state index contributed by atoms with van der Waals surface area (Å²) in [7, 11) is 0. The highest BCUT2D eigenvalue weighted by Gasteiger charge is 2.20. The second-order valence-electron chi connectivity index (χ2n) is 5.40. The van der Waals surface area contributed by atoms with E-state index in [0.717, 1.165) is 27.7 Å². The summed E-state index contributed by atoms with van der Waals surface area (Å²) in [5.74, 6) is -0.975. The Kier molecular flexibility index (Phi) is 4.34. The van der Waals surface area contributed by atoms with Gasteiger partial charge in [-0.1, -0.05) is 0 Å². The molecule has 5 nitrogen and oxygen atoms in total. The van der Waals surface area contributed by atoms with E-state index in [9.17, 15) is 15.0 Å². The van der Waals surface area contributed by atoms with Crippen LogP contribution in [0.15, 0.2) is 12.1 Å². The Morgan fingerprint density at radius 3 is 2.52 bits per heavy atom. The lowest BCUT2D eigenvalue weighted by Crippen LogP contribution is -2.04. The molecule has 0 spiro atoms. The van der Waals surface area contributed by atoms with Gasteiger partial charge in [0.1, 0.15) is 0 Å². The number of nitrogens with zero attached hydrogens (tertiary/aromatic N) is 1. The highest BCUT2D eigenvalue weighted by molar-refractivity contribution is 5.97. The fourth-order valence-corrected chi connectivity index (χ4v) is 3.01. The number of carbonyl (C=O) groups is 1. The first kappa shape index (κ1) is 15.5. The normalized spacial score (nSPS) is 12.8. The molecule has 0 amide bonds. The van der Waals surface area contributed by atoms with Crippen molar-refractivity contribution in [1.29, 1.82) is 0 Å². The molecule has 1 unspecified atom stereocenters. The summed E-state index contributed by atoms with van der Waals surface area (Å²) in [6, 6.07) is 3.26. The molecule has 5 heteroatoms. The molecule has 0 fully saturated rings. The second kappa shape index (κ2) is 5.87. The third-order valence-electron chi connectivity index (χ3n) is 3.86. The van der Waals surface area contributed by atoms with Gasteiger partial charge in [0.2, 0.25) is 0 Å². The maximum Gasteiger partial charge on any atom is 0.335 e. The minimum absolute atomic E-state index is 0.0926. The predicted molar refractivity (Wildman–Crippen MR) is 80.7 cm³/mol. The molecule has 1 aromatic heterocycles. The Balaban J connectivity index is 2.80. The number of aliphatic hydroxyl groups excluding tert-OH is 2. The number of rotatable bonds is 5. The number of fused-ring (bicyclic) bond motifs is 1. The van der Waals surface area contributed by atoms with Crippen LogP contribution < -0.4 is 0 Å². The lowest BCUT2D eigenvalue weighted by Gasteiger charge is -2.10. The first-order valence-corrected chi connectivity index (χ1v) is 7.04. The molecular formula is C16H21NO4. The number of aromatic carboxylic acids is 1. The average Bonchev–Trinajstić information content (AvgIpc) is 2.68. The van der Waals surface area contributed by atoms with Crippen molar-refractivity contribution in [2.45, 2.75) is 39.8 Å². The van der Waals surface area contributed by atoms with Gasteiger partial charge < -0.3 is 19.9 Å². The van der Waals surface area contributed by atoms with Crippen LogP contribution in [0.2, 0.25) is 0 Å². The maximum absolute atomic E-state index is 11.2. The van der Waals surface area contributed by atoms with Crippen LogP contribution in [-0.4, -0.2) is 32.5 Å². The van der Waals surface area contributed by atoms with E-state index in [1.54, 1.807) is 19.1 Å². The number of hydrogen-bond acceptors (Lipinski definition) is 3. The molecule has 0 saturated heterocycles. The van der Waals surface area contributed by atoms with Gasteiger partial charge in [-0.15, -0.1) is 0 Å². The molecule has 0 aliphatic heterocycles. The largest absolute Gasteiger partial charge is 0.478 e. The minimum atomic E-state index is -0.975. The van der Waals surface area contributed by atoms with Gasteiger partial charge in [0.25, 0.3) is 0 Å². The summed E-state index contributed by atoms with van der Waals surface area (Å²) in [6.07, 6.45) is -0.0596. The number of benzene rings is 1. The van der Waals surface area contributed by atoms with Gasteiger partial charge >= 0.3 is 5.97 Å². The summed E-state index contributed by atoms with van der Waals surface area (Å²) >= 11 is 0. The maximum atomic E-state index is 11.2. The molecular weight excluding hydrogens is 270 g/mol. The lowest BCUT2D eigenvalue weighted by atomic mass is 10.0. The molecule has 0 aliphatic carbocycles. The summed E-state index contributed by atoms with van der Waals surface area (Å²) in [5.41, 5.74) is 3.69. The average molecular weight is 291 g/mol. The summed E-state index contributed by atoms with van der Waals surface area (Å²) in [6.45, 7) is 6.20. The van der Waals surface area contributed by atoms with E-state index < -0.39 is 12.1 Å².